The third kappa shape index (κ3) is 5.22. The number of esters is 2. The van der Waals surface area contributed by atoms with Crippen LogP contribution in [0.15, 0.2) is 54.6 Å². The second kappa shape index (κ2) is 10.2. The van der Waals surface area contributed by atoms with E-state index in [1.807, 2.05) is 0 Å². The molecular formula is C22H23ClO6. The van der Waals surface area contributed by atoms with Gasteiger partial charge in [0.25, 0.3) is 5.60 Å². The van der Waals surface area contributed by atoms with Crippen LogP contribution in [0.25, 0.3) is 0 Å². The summed E-state index contributed by atoms with van der Waals surface area (Å²) in [4.78, 5) is 38.2. The van der Waals surface area contributed by atoms with Gasteiger partial charge in [0.1, 0.15) is 0 Å². The largest absolute Gasteiger partial charge is 0.463 e. The Morgan fingerprint density at radius 1 is 0.931 bits per heavy atom. The van der Waals surface area contributed by atoms with Gasteiger partial charge in [-0.05, 0) is 31.5 Å². The first-order chi connectivity index (χ1) is 13.8. The van der Waals surface area contributed by atoms with Crippen LogP contribution < -0.4 is 0 Å². The molecular weight excluding hydrogens is 396 g/mol. The first-order valence-electron chi connectivity index (χ1n) is 9.25. The zero-order chi connectivity index (χ0) is 21.4. The minimum Gasteiger partial charge on any atom is -0.463 e. The molecule has 0 saturated heterocycles. The van der Waals surface area contributed by atoms with E-state index in [1.54, 1.807) is 68.4 Å². The molecule has 29 heavy (non-hydrogen) atoms. The zero-order valence-corrected chi connectivity index (χ0v) is 17.0. The number of carbonyl (C=O) groups is 3. The monoisotopic (exact) mass is 418 g/mol. The van der Waals surface area contributed by atoms with Gasteiger partial charge >= 0.3 is 11.9 Å². The van der Waals surface area contributed by atoms with Gasteiger partial charge in [0, 0.05) is 22.9 Å². The number of ketones is 1. The zero-order valence-electron chi connectivity index (χ0n) is 16.3. The summed E-state index contributed by atoms with van der Waals surface area (Å²) in [5, 5.41) is 11.7. The van der Waals surface area contributed by atoms with Crippen LogP contribution in [0, 0.1) is 0 Å². The fourth-order valence-electron chi connectivity index (χ4n) is 2.98. The number of rotatable bonds is 9. The molecule has 0 aliphatic heterocycles. The van der Waals surface area contributed by atoms with Crippen molar-refractivity contribution < 1.29 is 29.0 Å². The SMILES string of the molecule is CCOC(=O)C(O)(C(=O)OCC)C(CC(=O)c1ccccc1)c1ccc(Cl)cc1. The van der Waals surface area contributed by atoms with E-state index in [2.05, 4.69) is 0 Å². The fraction of sp³-hybridized carbons (Fsp3) is 0.318. The molecule has 1 unspecified atom stereocenters. The quantitative estimate of drug-likeness (QED) is 0.380. The normalized spacial score (nSPS) is 12.1. The lowest BCUT2D eigenvalue weighted by Crippen LogP contribution is -2.54. The van der Waals surface area contributed by atoms with Crippen molar-refractivity contribution in [2.75, 3.05) is 13.2 Å². The summed E-state index contributed by atoms with van der Waals surface area (Å²) in [6.45, 7) is 2.99. The number of Topliss-reactive ketones (excluding diaryl/α,β-unsaturated/α-hetero) is 1. The van der Waals surface area contributed by atoms with E-state index in [0.29, 0.717) is 16.1 Å². The van der Waals surface area contributed by atoms with E-state index in [4.69, 9.17) is 21.1 Å². The van der Waals surface area contributed by atoms with E-state index in [9.17, 15) is 19.5 Å². The van der Waals surface area contributed by atoms with Crippen LogP contribution in [-0.4, -0.2) is 41.6 Å². The highest BCUT2D eigenvalue weighted by Gasteiger charge is 2.55. The van der Waals surface area contributed by atoms with E-state index in [1.165, 1.54) is 0 Å². The van der Waals surface area contributed by atoms with Crippen molar-refractivity contribution in [3.05, 3.63) is 70.7 Å². The van der Waals surface area contributed by atoms with Crippen molar-refractivity contribution in [2.45, 2.75) is 31.8 Å². The highest BCUT2D eigenvalue weighted by molar-refractivity contribution is 6.30. The minimum atomic E-state index is -2.69. The molecule has 0 bridgehead atoms. The molecule has 0 radical (unpaired) electrons. The van der Waals surface area contributed by atoms with Gasteiger partial charge in [-0.3, -0.25) is 4.79 Å². The van der Waals surface area contributed by atoms with E-state index in [0.717, 1.165) is 0 Å². The predicted molar refractivity (Wildman–Crippen MR) is 108 cm³/mol. The minimum absolute atomic E-state index is 0.0550. The van der Waals surface area contributed by atoms with Crippen molar-refractivity contribution in [3.8, 4) is 0 Å². The highest BCUT2D eigenvalue weighted by atomic mass is 35.5. The number of benzene rings is 2. The molecule has 0 aliphatic carbocycles. The average Bonchev–Trinajstić information content (AvgIpc) is 2.73. The number of carbonyl (C=O) groups excluding carboxylic acids is 3. The summed E-state index contributed by atoms with van der Waals surface area (Å²) in [6, 6.07) is 14.6. The number of halogens is 1. The Kier molecular flexibility index (Phi) is 7.93. The van der Waals surface area contributed by atoms with E-state index >= 15 is 0 Å². The first kappa shape index (κ1) is 22.6. The van der Waals surface area contributed by atoms with Crippen molar-refractivity contribution in [1.29, 1.82) is 0 Å². The number of hydrogen-bond donors (Lipinski definition) is 1. The Morgan fingerprint density at radius 3 is 1.93 bits per heavy atom. The van der Waals surface area contributed by atoms with Gasteiger partial charge in [-0.25, -0.2) is 9.59 Å². The Labute approximate surface area is 174 Å². The molecule has 0 saturated carbocycles. The van der Waals surface area contributed by atoms with Crippen molar-refractivity contribution in [1.82, 2.24) is 0 Å². The van der Waals surface area contributed by atoms with Crippen molar-refractivity contribution in [2.24, 2.45) is 0 Å². The lowest BCUT2D eigenvalue weighted by Gasteiger charge is -2.32. The van der Waals surface area contributed by atoms with Gasteiger partial charge in [-0.15, -0.1) is 0 Å². The number of hydrogen-bond acceptors (Lipinski definition) is 6. The predicted octanol–water partition coefficient (Wildman–Crippen LogP) is 3.55. The Balaban J connectivity index is 2.55. The van der Waals surface area contributed by atoms with Gasteiger partial charge in [-0.1, -0.05) is 54.1 Å². The summed E-state index contributed by atoms with van der Waals surface area (Å²) in [7, 11) is 0. The fourth-order valence-corrected chi connectivity index (χ4v) is 3.11. The molecule has 1 atom stereocenters. The molecule has 7 heteroatoms. The maximum absolute atomic E-state index is 12.9. The summed E-state index contributed by atoms with van der Waals surface area (Å²) in [6.07, 6.45) is -0.320. The molecule has 0 fully saturated rings. The molecule has 0 heterocycles. The first-order valence-corrected chi connectivity index (χ1v) is 9.62. The average molecular weight is 419 g/mol. The van der Waals surface area contributed by atoms with E-state index in [-0.39, 0.29) is 25.4 Å². The maximum Gasteiger partial charge on any atom is 0.350 e. The highest BCUT2D eigenvalue weighted by Crippen LogP contribution is 2.36. The van der Waals surface area contributed by atoms with Gasteiger partial charge in [0.05, 0.1) is 13.2 Å². The number of ether oxygens (including phenoxy) is 2. The molecule has 154 valence electrons. The molecule has 0 aromatic heterocycles. The van der Waals surface area contributed by atoms with Crippen molar-refractivity contribution in [3.63, 3.8) is 0 Å². The molecule has 2 aromatic rings. The van der Waals surface area contributed by atoms with Crippen LogP contribution in [0.4, 0.5) is 0 Å². The summed E-state index contributed by atoms with van der Waals surface area (Å²) < 4.78 is 9.92. The number of aliphatic hydroxyl groups is 1. The van der Waals surface area contributed by atoms with Crippen LogP contribution in [0.1, 0.15) is 42.1 Å². The van der Waals surface area contributed by atoms with Crippen LogP contribution in [-0.2, 0) is 19.1 Å². The summed E-state index contributed by atoms with van der Waals surface area (Å²) >= 11 is 5.94. The van der Waals surface area contributed by atoms with Crippen LogP contribution in [0.3, 0.4) is 0 Å². The van der Waals surface area contributed by atoms with Gasteiger partial charge < -0.3 is 14.6 Å². The lowest BCUT2D eigenvalue weighted by molar-refractivity contribution is -0.186. The van der Waals surface area contributed by atoms with E-state index < -0.39 is 23.5 Å². The maximum atomic E-state index is 12.9. The van der Waals surface area contributed by atoms with Crippen LogP contribution in [0.2, 0.25) is 5.02 Å². The molecule has 1 N–H and O–H groups in total. The van der Waals surface area contributed by atoms with Crippen molar-refractivity contribution >= 4 is 29.3 Å². The molecule has 2 aromatic carbocycles. The molecule has 2 rings (SSSR count). The third-order valence-electron chi connectivity index (χ3n) is 4.44. The Bertz CT molecular complexity index is 829. The standard InChI is InChI=1S/C22H23ClO6/c1-3-28-20(25)22(27,21(26)29-4-2)18(15-10-12-17(23)13-11-15)14-19(24)16-8-6-5-7-9-16/h5-13,18,27H,3-4,14H2,1-2H3. The topological polar surface area (TPSA) is 89.9 Å². The Morgan fingerprint density at radius 2 is 1.45 bits per heavy atom. The molecule has 0 aliphatic rings. The van der Waals surface area contributed by atoms with Crippen LogP contribution in [0.5, 0.6) is 0 Å². The third-order valence-corrected chi connectivity index (χ3v) is 4.69. The molecule has 0 amide bonds. The Hall–Kier alpha value is -2.70. The summed E-state index contributed by atoms with van der Waals surface area (Å²) in [5.74, 6) is -3.92. The molecule has 0 spiro atoms. The second-order valence-electron chi connectivity index (χ2n) is 6.30. The lowest BCUT2D eigenvalue weighted by atomic mass is 9.77. The molecule has 6 nitrogen and oxygen atoms in total. The van der Waals surface area contributed by atoms with Gasteiger partial charge in [0.2, 0.25) is 0 Å². The summed E-state index contributed by atoms with van der Waals surface area (Å²) in [5.41, 5.74) is -1.92. The van der Waals surface area contributed by atoms with Gasteiger partial charge in [-0.2, -0.15) is 0 Å². The second-order valence-corrected chi connectivity index (χ2v) is 6.74. The van der Waals surface area contributed by atoms with Gasteiger partial charge in [0.15, 0.2) is 5.78 Å². The smallest absolute Gasteiger partial charge is 0.350 e. The van der Waals surface area contributed by atoms with Crippen LogP contribution >= 0.6 is 11.6 Å².